The first-order chi connectivity index (χ1) is 9.43. The average molecular weight is 279 g/mol. The van der Waals surface area contributed by atoms with Gasteiger partial charge >= 0.3 is 0 Å². The molecule has 0 aliphatic rings. The van der Waals surface area contributed by atoms with Crippen LogP contribution in [-0.4, -0.2) is 28.3 Å². The third-order valence-electron chi connectivity index (χ3n) is 3.56. The van der Waals surface area contributed by atoms with Gasteiger partial charge < -0.3 is 15.5 Å². The van der Waals surface area contributed by atoms with Crippen molar-refractivity contribution in [2.24, 2.45) is 0 Å². The van der Waals surface area contributed by atoms with Gasteiger partial charge in [-0.05, 0) is 31.9 Å². The van der Waals surface area contributed by atoms with Crippen molar-refractivity contribution in [2.45, 2.75) is 52.1 Å². The summed E-state index contributed by atoms with van der Waals surface area (Å²) < 4.78 is 0. The second-order valence-corrected chi connectivity index (χ2v) is 5.36. The number of phenols is 1. The van der Waals surface area contributed by atoms with Gasteiger partial charge in [-0.25, -0.2) is 0 Å². The first kappa shape index (κ1) is 16.5. The third-order valence-corrected chi connectivity index (χ3v) is 3.56. The van der Waals surface area contributed by atoms with Gasteiger partial charge in [-0.1, -0.05) is 32.8 Å². The molecule has 0 aliphatic heterocycles. The summed E-state index contributed by atoms with van der Waals surface area (Å²) >= 11 is 0. The summed E-state index contributed by atoms with van der Waals surface area (Å²) in [6.45, 7) is 5.97. The third kappa shape index (κ3) is 4.23. The first-order valence-electron chi connectivity index (χ1n) is 7.22. The number of hydrogen-bond acceptors (Lipinski definition) is 3. The Hall–Kier alpha value is -1.55. The summed E-state index contributed by atoms with van der Waals surface area (Å²) in [7, 11) is 0. The largest absolute Gasteiger partial charge is 0.508 e. The maximum Gasteiger partial charge on any atom is 0.251 e. The van der Waals surface area contributed by atoms with E-state index in [9.17, 15) is 15.0 Å². The standard InChI is InChI=1S/C16H25NO3/c1-4-9-16(20,10-5-2)11-17-15(19)13-7-6-8-14(18)12(13)3/h6-8,18,20H,4-5,9-11H2,1-3H3,(H,17,19). The maximum absolute atomic E-state index is 12.1. The Balaban J connectivity index is 2.73. The van der Waals surface area contributed by atoms with Crippen molar-refractivity contribution in [3.05, 3.63) is 29.3 Å². The lowest BCUT2D eigenvalue weighted by molar-refractivity contribution is 0.0213. The molecule has 0 saturated heterocycles. The fraction of sp³-hybridized carbons (Fsp3) is 0.562. The Morgan fingerprint density at radius 1 is 1.25 bits per heavy atom. The van der Waals surface area contributed by atoms with E-state index in [2.05, 4.69) is 5.32 Å². The zero-order valence-electron chi connectivity index (χ0n) is 12.6. The summed E-state index contributed by atoms with van der Waals surface area (Å²) in [5.41, 5.74) is 0.157. The molecule has 0 aromatic heterocycles. The highest BCUT2D eigenvalue weighted by atomic mass is 16.3. The monoisotopic (exact) mass is 279 g/mol. The van der Waals surface area contributed by atoms with E-state index in [1.807, 2.05) is 13.8 Å². The van der Waals surface area contributed by atoms with Crippen LogP contribution < -0.4 is 5.32 Å². The lowest BCUT2D eigenvalue weighted by Gasteiger charge is -2.27. The number of aromatic hydroxyl groups is 1. The smallest absolute Gasteiger partial charge is 0.251 e. The molecule has 0 fully saturated rings. The molecule has 0 aliphatic carbocycles. The highest BCUT2D eigenvalue weighted by Crippen LogP contribution is 2.21. The van der Waals surface area contributed by atoms with Crippen LogP contribution in [0.2, 0.25) is 0 Å². The van der Waals surface area contributed by atoms with Crippen LogP contribution in [0.25, 0.3) is 0 Å². The van der Waals surface area contributed by atoms with Crippen molar-refractivity contribution in [2.75, 3.05) is 6.54 Å². The van der Waals surface area contributed by atoms with E-state index in [0.717, 1.165) is 12.8 Å². The number of amides is 1. The Kier molecular flexibility index (Phi) is 6.02. The highest BCUT2D eigenvalue weighted by molar-refractivity contribution is 5.96. The molecule has 0 atom stereocenters. The van der Waals surface area contributed by atoms with E-state index in [4.69, 9.17) is 0 Å². The minimum absolute atomic E-state index is 0.107. The fourth-order valence-electron chi connectivity index (χ4n) is 2.44. The summed E-state index contributed by atoms with van der Waals surface area (Å²) in [5, 5.41) is 22.9. The Labute approximate surface area is 120 Å². The van der Waals surface area contributed by atoms with Crippen LogP contribution >= 0.6 is 0 Å². The van der Waals surface area contributed by atoms with Crippen LogP contribution in [-0.2, 0) is 0 Å². The van der Waals surface area contributed by atoms with Crippen molar-refractivity contribution in [1.29, 1.82) is 0 Å². The molecular weight excluding hydrogens is 254 g/mol. The number of carbonyl (C=O) groups excluding carboxylic acids is 1. The molecule has 0 radical (unpaired) electrons. The quantitative estimate of drug-likeness (QED) is 0.719. The summed E-state index contributed by atoms with van der Waals surface area (Å²) in [5.74, 6) is -0.154. The van der Waals surface area contributed by atoms with Crippen molar-refractivity contribution in [1.82, 2.24) is 5.32 Å². The molecule has 4 nitrogen and oxygen atoms in total. The number of aliphatic hydroxyl groups is 1. The predicted molar refractivity (Wildman–Crippen MR) is 79.9 cm³/mol. The average Bonchev–Trinajstić information content (AvgIpc) is 2.40. The van der Waals surface area contributed by atoms with Crippen molar-refractivity contribution < 1.29 is 15.0 Å². The van der Waals surface area contributed by atoms with Gasteiger partial charge in [-0.15, -0.1) is 0 Å². The lowest BCUT2D eigenvalue weighted by Crippen LogP contribution is -2.43. The number of carbonyl (C=O) groups is 1. The zero-order chi connectivity index (χ0) is 15.2. The molecule has 1 rings (SSSR count). The maximum atomic E-state index is 12.1. The second-order valence-electron chi connectivity index (χ2n) is 5.36. The molecule has 1 aromatic rings. The van der Waals surface area contributed by atoms with E-state index in [0.29, 0.717) is 24.0 Å². The van der Waals surface area contributed by atoms with Gasteiger partial charge in [-0.3, -0.25) is 4.79 Å². The Bertz CT molecular complexity index is 451. The van der Waals surface area contributed by atoms with E-state index in [1.54, 1.807) is 25.1 Å². The van der Waals surface area contributed by atoms with Gasteiger partial charge in [0.25, 0.3) is 5.91 Å². The number of benzene rings is 1. The van der Waals surface area contributed by atoms with E-state index >= 15 is 0 Å². The van der Waals surface area contributed by atoms with E-state index in [1.165, 1.54) is 0 Å². The SMILES string of the molecule is CCCC(O)(CCC)CNC(=O)c1cccc(O)c1C. The van der Waals surface area contributed by atoms with Gasteiger partial charge in [0.1, 0.15) is 5.75 Å². The normalized spacial score (nSPS) is 11.4. The number of hydrogen-bond donors (Lipinski definition) is 3. The van der Waals surface area contributed by atoms with Crippen LogP contribution in [0.5, 0.6) is 5.75 Å². The van der Waals surface area contributed by atoms with Crippen LogP contribution in [0.15, 0.2) is 18.2 Å². The van der Waals surface area contributed by atoms with Gasteiger partial charge in [0.05, 0.1) is 5.60 Å². The number of phenolic OH excluding ortho intramolecular Hbond substituents is 1. The molecule has 0 heterocycles. The van der Waals surface area contributed by atoms with Crippen molar-refractivity contribution in [3.63, 3.8) is 0 Å². The van der Waals surface area contributed by atoms with Crippen molar-refractivity contribution in [3.8, 4) is 5.75 Å². The van der Waals surface area contributed by atoms with E-state index in [-0.39, 0.29) is 18.2 Å². The molecule has 112 valence electrons. The minimum atomic E-state index is -0.843. The summed E-state index contributed by atoms with van der Waals surface area (Å²) in [4.78, 5) is 12.1. The Morgan fingerprint density at radius 2 is 1.85 bits per heavy atom. The summed E-state index contributed by atoms with van der Waals surface area (Å²) in [6.07, 6.45) is 3.08. The van der Waals surface area contributed by atoms with E-state index < -0.39 is 5.60 Å². The topological polar surface area (TPSA) is 69.6 Å². The van der Waals surface area contributed by atoms with Gasteiger partial charge in [-0.2, -0.15) is 0 Å². The highest BCUT2D eigenvalue weighted by Gasteiger charge is 2.25. The molecule has 1 amide bonds. The molecule has 0 spiro atoms. The lowest BCUT2D eigenvalue weighted by atomic mass is 9.92. The fourth-order valence-corrected chi connectivity index (χ4v) is 2.44. The number of rotatable bonds is 7. The van der Waals surface area contributed by atoms with Gasteiger partial charge in [0.15, 0.2) is 0 Å². The van der Waals surface area contributed by atoms with Crippen LogP contribution in [0.4, 0.5) is 0 Å². The molecule has 0 saturated carbocycles. The second kappa shape index (κ2) is 7.29. The summed E-state index contributed by atoms with van der Waals surface area (Å²) in [6, 6.07) is 4.86. The molecule has 3 N–H and O–H groups in total. The molecule has 0 unspecified atom stereocenters. The molecule has 4 heteroatoms. The van der Waals surface area contributed by atoms with Gasteiger partial charge in [0.2, 0.25) is 0 Å². The zero-order valence-corrected chi connectivity index (χ0v) is 12.6. The van der Waals surface area contributed by atoms with Crippen molar-refractivity contribution >= 4 is 5.91 Å². The van der Waals surface area contributed by atoms with Crippen LogP contribution in [0, 0.1) is 6.92 Å². The molecular formula is C16H25NO3. The van der Waals surface area contributed by atoms with Gasteiger partial charge in [0, 0.05) is 17.7 Å². The Morgan fingerprint density at radius 3 is 2.40 bits per heavy atom. The van der Waals surface area contributed by atoms with Crippen LogP contribution in [0.1, 0.15) is 55.5 Å². The van der Waals surface area contributed by atoms with Crippen LogP contribution in [0.3, 0.4) is 0 Å². The minimum Gasteiger partial charge on any atom is -0.508 e. The molecule has 0 bridgehead atoms. The molecule has 20 heavy (non-hydrogen) atoms. The molecule has 1 aromatic carbocycles. The number of nitrogens with one attached hydrogen (secondary N) is 1. The first-order valence-corrected chi connectivity index (χ1v) is 7.22. The predicted octanol–water partition coefficient (Wildman–Crippen LogP) is 2.76.